The van der Waals surface area contributed by atoms with Crippen molar-refractivity contribution in [2.24, 2.45) is 0 Å². The minimum absolute atomic E-state index is 0.376. The first-order valence-electron chi connectivity index (χ1n) is 5.99. The van der Waals surface area contributed by atoms with Gasteiger partial charge in [-0.15, -0.1) is 5.10 Å². The van der Waals surface area contributed by atoms with Crippen LogP contribution in [-0.2, 0) is 11.3 Å². The van der Waals surface area contributed by atoms with Crippen molar-refractivity contribution in [3.05, 3.63) is 5.82 Å². The highest BCUT2D eigenvalue weighted by Crippen LogP contribution is 2.34. The highest BCUT2D eigenvalue weighted by atomic mass is 16.4. The topological polar surface area (TPSA) is 84.1 Å². The smallest absolute Gasteiger partial charge is 0.320 e. The van der Waals surface area contributed by atoms with Crippen LogP contribution in [0.2, 0.25) is 0 Å². The Balaban J connectivity index is 1.73. The summed E-state index contributed by atoms with van der Waals surface area (Å²) >= 11 is 0. The van der Waals surface area contributed by atoms with Crippen molar-refractivity contribution in [3.8, 4) is 0 Å². The van der Waals surface area contributed by atoms with Gasteiger partial charge in [-0.05, 0) is 42.7 Å². The molecule has 1 saturated carbocycles. The summed E-state index contributed by atoms with van der Waals surface area (Å²) in [4.78, 5) is 13.0. The van der Waals surface area contributed by atoms with Gasteiger partial charge in [-0.1, -0.05) is 0 Å². The summed E-state index contributed by atoms with van der Waals surface area (Å²) in [5.41, 5.74) is 0. The molecule has 3 rings (SSSR count). The average Bonchev–Trinajstić information content (AvgIpc) is 2.86. The number of nitrogens with zero attached hydrogens (tertiary/aromatic N) is 5. The van der Waals surface area contributed by atoms with Crippen LogP contribution in [0.1, 0.15) is 37.5 Å². The predicted molar refractivity (Wildman–Crippen MR) is 57.2 cm³/mol. The molecule has 7 nitrogen and oxygen atoms in total. The molecule has 1 atom stereocenters. The number of carbonyl (C=O) groups is 1. The zero-order chi connectivity index (χ0) is 11.8. The maximum Gasteiger partial charge on any atom is 0.320 e. The summed E-state index contributed by atoms with van der Waals surface area (Å²) in [7, 11) is 0. The van der Waals surface area contributed by atoms with Gasteiger partial charge in [0.25, 0.3) is 0 Å². The normalized spacial score (nSPS) is 25.3. The van der Waals surface area contributed by atoms with E-state index in [1.165, 1.54) is 0 Å². The maximum atomic E-state index is 11.1. The van der Waals surface area contributed by atoms with E-state index in [-0.39, 0.29) is 6.04 Å². The van der Waals surface area contributed by atoms with E-state index in [0.717, 1.165) is 38.1 Å². The van der Waals surface area contributed by atoms with Crippen LogP contribution in [0.3, 0.4) is 0 Å². The van der Waals surface area contributed by atoms with Gasteiger partial charge >= 0.3 is 5.97 Å². The predicted octanol–water partition coefficient (Wildman–Crippen LogP) is 0.0570. The molecule has 1 aliphatic carbocycles. The standard InChI is InChI=1S/C10H15N5O2/c16-10(17)8-2-1-5-14(8)6-9-11-12-13-15(9)7-3-4-7/h7-8H,1-6H2,(H,16,17). The second kappa shape index (κ2) is 4.06. The van der Waals surface area contributed by atoms with Crippen molar-refractivity contribution >= 4 is 5.97 Å². The number of rotatable bonds is 4. The fraction of sp³-hybridized carbons (Fsp3) is 0.800. The summed E-state index contributed by atoms with van der Waals surface area (Å²) < 4.78 is 1.84. The van der Waals surface area contributed by atoms with Crippen LogP contribution >= 0.6 is 0 Å². The second-order valence-electron chi connectivity index (χ2n) is 4.74. The minimum atomic E-state index is -0.743. The molecule has 1 N–H and O–H groups in total. The quantitative estimate of drug-likeness (QED) is 0.797. The number of tetrazole rings is 1. The van der Waals surface area contributed by atoms with Gasteiger partial charge in [0.1, 0.15) is 6.04 Å². The summed E-state index contributed by atoms with van der Waals surface area (Å²) in [6.07, 6.45) is 3.91. The minimum Gasteiger partial charge on any atom is -0.480 e. The molecule has 1 unspecified atom stereocenters. The molecule has 0 amide bonds. The van der Waals surface area contributed by atoms with E-state index in [2.05, 4.69) is 15.5 Å². The molecule has 2 aliphatic rings. The van der Waals surface area contributed by atoms with Gasteiger partial charge in [0.15, 0.2) is 5.82 Å². The summed E-state index contributed by atoms with van der Waals surface area (Å²) in [6, 6.07) is 0.0604. The van der Waals surface area contributed by atoms with E-state index in [1.807, 2.05) is 9.58 Å². The van der Waals surface area contributed by atoms with Gasteiger partial charge in [0, 0.05) is 0 Å². The van der Waals surface area contributed by atoms with E-state index in [0.29, 0.717) is 12.6 Å². The Morgan fingerprint density at radius 3 is 2.94 bits per heavy atom. The lowest BCUT2D eigenvalue weighted by Gasteiger charge is -2.19. The summed E-state index contributed by atoms with van der Waals surface area (Å²) in [5, 5.41) is 20.8. The van der Waals surface area contributed by atoms with E-state index in [9.17, 15) is 4.79 Å². The summed E-state index contributed by atoms with van der Waals surface area (Å²) in [5.74, 6) is 0.0496. The van der Waals surface area contributed by atoms with Crippen LogP contribution in [0.4, 0.5) is 0 Å². The largest absolute Gasteiger partial charge is 0.480 e. The lowest BCUT2D eigenvalue weighted by atomic mass is 10.2. The van der Waals surface area contributed by atoms with Crippen molar-refractivity contribution in [3.63, 3.8) is 0 Å². The lowest BCUT2D eigenvalue weighted by molar-refractivity contribution is -0.142. The van der Waals surface area contributed by atoms with E-state index in [4.69, 9.17) is 5.11 Å². The molecule has 7 heteroatoms. The molecule has 1 aliphatic heterocycles. The van der Waals surface area contributed by atoms with Gasteiger partial charge in [0.2, 0.25) is 0 Å². The Morgan fingerprint density at radius 1 is 1.41 bits per heavy atom. The van der Waals surface area contributed by atoms with Crippen LogP contribution in [0.25, 0.3) is 0 Å². The molecule has 17 heavy (non-hydrogen) atoms. The van der Waals surface area contributed by atoms with Crippen LogP contribution in [0.5, 0.6) is 0 Å². The number of carboxylic acid groups (broad SMARTS) is 1. The molecule has 0 spiro atoms. The fourth-order valence-corrected chi connectivity index (χ4v) is 2.40. The molecule has 0 bridgehead atoms. The van der Waals surface area contributed by atoms with Gasteiger partial charge in [-0.3, -0.25) is 9.69 Å². The van der Waals surface area contributed by atoms with Gasteiger partial charge in [0.05, 0.1) is 12.6 Å². The van der Waals surface area contributed by atoms with Crippen molar-refractivity contribution in [1.29, 1.82) is 0 Å². The van der Waals surface area contributed by atoms with E-state index >= 15 is 0 Å². The van der Waals surface area contributed by atoms with E-state index in [1.54, 1.807) is 0 Å². The highest BCUT2D eigenvalue weighted by molar-refractivity contribution is 5.73. The molecule has 2 fully saturated rings. The van der Waals surface area contributed by atoms with Crippen molar-refractivity contribution < 1.29 is 9.90 Å². The third-order valence-corrected chi connectivity index (χ3v) is 3.45. The van der Waals surface area contributed by atoms with Crippen LogP contribution in [0, 0.1) is 0 Å². The Kier molecular flexibility index (Phi) is 2.54. The number of hydrogen-bond acceptors (Lipinski definition) is 5. The molecule has 1 aromatic heterocycles. The number of hydrogen-bond donors (Lipinski definition) is 1. The maximum absolute atomic E-state index is 11.1. The Labute approximate surface area is 98.4 Å². The fourth-order valence-electron chi connectivity index (χ4n) is 2.40. The van der Waals surface area contributed by atoms with Gasteiger partial charge < -0.3 is 5.11 Å². The second-order valence-corrected chi connectivity index (χ2v) is 4.74. The first-order valence-corrected chi connectivity index (χ1v) is 5.99. The van der Waals surface area contributed by atoms with Crippen LogP contribution < -0.4 is 0 Å². The zero-order valence-electron chi connectivity index (χ0n) is 9.49. The Bertz CT molecular complexity index is 428. The molecule has 92 valence electrons. The first kappa shape index (κ1) is 10.6. The number of likely N-dealkylation sites (tertiary alicyclic amines) is 1. The summed E-state index contributed by atoms with van der Waals surface area (Å²) in [6.45, 7) is 1.36. The number of aliphatic carboxylic acids is 1. The molecule has 2 heterocycles. The average molecular weight is 237 g/mol. The van der Waals surface area contributed by atoms with Gasteiger partial charge in [-0.2, -0.15) is 0 Å². The molecular weight excluding hydrogens is 222 g/mol. The monoisotopic (exact) mass is 237 g/mol. The third-order valence-electron chi connectivity index (χ3n) is 3.45. The van der Waals surface area contributed by atoms with Crippen molar-refractivity contribution in [1.82, 2.24) is 25.1 Å². The molecule has 0 aromatic carbocycles. The number of carboxylic acids is 1. The van der Waals surface area contributed by atoms with Crippen LogP contribution in [0.15, 0.2) is 0 Å². The first-order chi connectivity index (χ1) is 8.25. The Hall–Kier alpha value is -1.50. The van der Waals surface area contributed by atoms with E-state index < -0.39 is 5.97 Å². The lowest BCUT2D eigenvalue weighted by Crippen LogP contribution is -2.36. The molecule has 0 radical (unpaired) electrons. The number of aromatic nitrogens is 4. The SMILES string of the molecule is O=C(O)C1CCCN1Cc1nnnn1C1CC1. The molecule has 1 aromatic rings. The third kappa shape index (κ3) is 2.02. The molecule has 1 saturated heterocycles. The van der Waals surface area contributed by atoms with Crippen LogP contribution in [-0.4, -0.2) is 48.8 Å². The van der Waals surface area contributed by atoms with Gasteiger partial charge in [-0.25, -0.2) is 4.68 Å². The zero-order valence-corrected chi connectivity index (χ0v) is 9.49. The van der Waals surface area contributed by atoms with Crippen molar-refractivity contribution in [2.45, 2.75) is 44.3 Å². The molecular formula is C10H15N5O2. The Morgan fingerprint density at radius 2 is 2.24 bits per heavy atom. The van der Waals surface area contributed by atoms with Crippen molar-refractivity contribution in [2.75, 3.05) is 6.54 Å². The highest BCUT2D eigenvalue weighted by Gasteiger charge is 2.33.